The minimum absolute atomic E-state index is 0.140. The summed E-state index contributed by atoms with van der Waals surface area (Å²) in [6.07, 6.45) is 4.74. The number of nitrogens with zero attached hydrogens (tertiary/aromatic N) is 4. The Balaban J connectivity index is 1.03. The highest BCUT2D eigenvalue weighted by atomic mass is 16.5. The lowest BCUT2D eigenvalue weighted by molar-refractivity contribution is -0.572. The van der Waals surface area contributed by atoms with E-state index < -0.39 is 143 Å². The zero-order valence-corrected chi connectivity index (χ0v) is 37.7. The molecule has 3 aromatic heterocycles. The normalized spacial score (nSPS) is 16.1. The summed E-state index contributed by atoms with van der Waals surface area (Å²) in [6, 6.07) is 21.2. The highest BCUT2D eigenvalue weighted by Gasteiger charge is 2.25. The maximum Gasteiger partial charge on any atom is 0.269 e. The quantitative estimate of drug-likeness (QED) is 0.107. The van der Waals surface area contributed by atoms with Gasteiger partial charge in [-0.15, -0.1) is 0 Å². The second-order valence-electron chi connectivity index (χ2n) is 17.4. The first-order valence-corrected chi connectivity index (χ1v) is 22.2. The Labute approximate surface area is 438 Å². The number of aromatic nitrogens is 4. The van der Waals surface area contributed by atoms with Crippen LogP contribution in [0.25, 0.3) is 94.5 Å². The monoisotopic (exact) mass is 924 g/mol. The molecule has 3 heterocycles. The molecule has 0 radical (unpaired) electrons. The van der Waals surface area contributed by atoms with Crippen molar-refractivity contribution in [3.63, 3.8) is 0 Å². The van der Waals surface area contributed by atoms with Crippen molar-refractivity contribution < 1.29 is 38.1 Å². The van der Waals surface area contributed by atoms with Crippen LogP contribution >= 0.6 is 0 Å². The number of fused-ring (bicyclic) bond motifs is 4. The van der Waals surface area contributed by atoms with E-state index in [0.717, 1.165) is 10.8 Å². The maximum absolute atomic E-state index is 10.0. The summed E-state index contributed by atoms with van der Waals surface area (Å²) in [5.41, 5.74) is 0.252. The van der Waals surface area contributed by atoms with Gasteiger partial charge in [-0.2, -0.15) is 0 Å². The third-order valence-corrected chi connectivity index (χ3v) is 12.0. The van der Waals surface area contributed by atoms with Gasteiger partial charge in [0.2, 0.25) is 0 Å². The molecule has 0 aliphatic carbocycles. The molecular weight excluding hydrogens is 853 g/mol. The van der Waals surface area contributed by atoms with Gasteiger partial charge in [0.05, 0.1) is 58.1 Å². The van der Waals surface area contributed by atoms with Crippen LogP contribution in [0, 0.1) is 13.2 Å². The Bertz CT molecular complexity index is 4940. The van der Waals surface area contributed by atoms with E-state index >= 15 is 0 Å². The minimum Gasteiger partial charge on any atom is -0.458 e. The van der Waals surface area contributed by atoms with Gasteiger partial charge in [0.25, 0.3) is 6.33 Å². The first-order chi connectivity index (χ1) is 43.0. The molecule has 0 unspecified atom stereocenters. The third kappa shape index (κ3) is 7.72. The summed E-state index contributed by atoms with van der Waals surface area (Å²) in [4.78, 5) is 4.70. The largest absolute Gasteiger partial charge is 0.458 e. The molecule has 0 saturated carbocycles. The van der Waals surface area contributed by atoms with E-state index in [4.69, 9.17) is 34.4 Å². The highest BCUT2D eigenvalue weighted by molar-refractivity contribution is 6.09. The molecule has 0 amide bonds. The fraction of sp³-hybridized carbons (Fsp3) is 0.0769. The molecule has 0 fully saturated rings. The molecule has 12 aromatic rings. The molecule has 12 rings (SSSR count). The zero-order chi connectivity index (χ0) is 65.5. The van der Waals surface area contributed by atoms with Crippen molar-refractivity contribution in [3.05, 3.63) is 248 Å². The number of hydrogen-bond acceptors (Lipinski definition) is 2. The molecule has 0 aliphatic heterocycles. The molecule has 0 saturated heterocycles. The summed E-state index contributed by atoms with van der Waals surface area (Å²) in [6.45, 7) is 3.03. The molecule has 5 nitrogen and oxygen atoms in total. The van der Waals surface area contributed by atoms with Gasteiger partial charge >= 0.3 is 0 Å². The number of hydrogen-bond donors (Lipinski definition) is 0. The fourth-order valence-electron chi connectivity index (χ4n) is 8.85. The number of pyridine rings is 1. The Morgan fingerprint density at radius 1 is 0.557 bits per heavy atom. The highest BCUT2D eigenvalue weighted by Crippen LogP contribution is 2.40. The van der Waals surface area contributed by atoms with Crippen molar-refractivity contribution in [1.82, 2.24) is 14.1 Å². The molecule has 0 N–H and O–H groups in total. The van der Waals surface area contributed by atoms with Crippen LogP contribution in [0.15, 0.2) is 230 Å². The van der Waals surface area contributed by atoms with E-state index in [0.29, 0.717) is 50.5 Å². The Morgan fingerprint density at radius 3 is 1.90 bits per heavy atom. The average Bonchev–Trinajstić information content (AvgIpc) is 1.53. The predicted octanol–water partition coefficient (Wildman–Crippen LogP) is 16.3. The third-order valence-electron chi connectivity index (χ3n) is 12.0. The molecule has 5 heteroatoms. The summed E-state index contributed by atoms with van der Waals surface area (Å²) >= 11 is 0. The first kappa shape index (κ1) is 25.5. The number of aryl methyl sites for hydroxylation is 1. The Hall–Kier alpha value is -8.80. The van der Waals surface area contributed by atoms with Crippen LogP contribution in [-0.2, 0) is 5.41 Å². The van der Waals surface area contributed by atoms with Gasteiger partial charge in [-0.1, -0.05) is 178 Å². The summed E-state index contributed by atoms with van der Waals surface area (Å²) < 4.78 is 197. The topological polar surface area (TPSA) is 35.9 Å². The molecule has 9 aromatic carbocycles. The van der Waals surface area contributed by atoms with Crippen LogP contribution in [0.2, 0.25) is 0 Å². The Kier molecular flexibility index (Phi) is 6.34. The van der Waals surface area contributed by atoms with E-state index in [-0.39, 0.29) is 33.6 Å². The Morgan fingerprint density at radius 2 is 1.19 bits per heavy atom. The fourth-order valence-corrected chi connectivity index (χ4v) is 8.85. The standard InChI is InChI=1S/C65H50N4O/c1-44-36-63(66-42-57(44)47-24-12-7-13-25-47)69-59-31-15-14-28-55(59)56-35-34-53(41-62(56)69)70-52-27-18-26-51(40-52)67-43-68(61-33-17-16-32-60(61)67)64-54(29-19-30-58(64)65(2,3)4)50-38-48(45-20-8-5-9-21-45)37-49(39-50)46-22-10-6-11-23-46/h5-42H,1-4H3/i1D3,5D,6D,7D,8D,9D,10D,11D,12D,13D,20D,21D,22D,23D,24D,25D,37D,38D,39D. The van der Waals surface area contributed by atoms with E-state index in [1.165, 1.54) is 12.3 Å². The van der Waals surface area contributed by atoms with Gasteiger partial charge in [0.15, 0.2) is 0 Å². The lowest BCUT2D eigenvalue weighted by atomic mass is 9.82. The van der Waals surface area contributed by atoms with E-state index in [1.807, 2.05) is 87.5 Å². The number of benzene rings is 9. The molecule has 70 heavy (non-hydrogen) atoms. The number of rotatable bonds is 9. The van der Waals surface area contributed by atoms with E-state index in [9.17, 15) is 4.11 Å². The van der Waals surface area contributed by atoms with Crippen molar-refractivity contribution in [3.8, 4) is 73.2 Å². The van der Waals surface area contributed by atoms with Crippen molar-refractivity contribution in [2.24, 2.45) is 0 Å². The molecule has 0 spiro atoms. The molecule has 0 atom stereocenters. The van der Waals surface area contributed by atoms with Crippen LogP contribution in [0.4, 0.5) is 0 Å². The molecule has 0 aliphatic rings. The van der Waals surface area contributed by atoms with Gasteiger partial charge in [-0.3, -0.25) is 13.7 Å². The van der Waals surface area contributed by atoms with Crippen LogP contribution < -0.4 is 9.30 Å². The van der Waals surface area contributed by atoms with Gasteiger partial charge in [-0.05, 0) is 123 Å². The molecule has 336 valence electrons. The van der Waals surface area contributed by atoms with E-state index in [1.54, 1.807) is 56.2 Å². The second-order valence-corrected chi connectivity index (χ2v) is 17.4. The summed E-state index contributed by atoms with van der Waals surface area (Å²) in [5, 5.41) is 1.56. The SMILES string of the molecule is [2H]c1c([2H])c([2H])c(-c2cnc(-n3c4ccccc4c4ccc(Oc5cccc(-n6[c-][n+](-c7c(-c8c([2H])c(-c9c([2H])c([2H])c([2H])c([2H])c9[2H])c([2H])c(-c9c([2H])c([2H])c([2H])c([2H])c9[2H])c8[2H])cccc7C(C)(C)C)c7ccccc76)c5)cc43)cc2C([2H])([2H])[2H])c([2H])c1[2H]. The van der Waals surface area contributed by atoms with Crippen molar-refractivity contribution in [1.29, 1.82) is 0 Å². The lowest BCUT2D eigenvalue weighted by Crippen LogP contribution is -2.34. The summed E-state index contributed by atoms with van der Waals surface area (Å²) in [7, 11) is 0. The maximum atomic E-state index is 10.0. The van der Waals surface area contributed by atoms with Gasteiger partial charge in [0.1, 0.15) is 17.3 Å². The van der Waals surface area contributed by atoms with Gasteiger partial charge < -0.3 is 4.74 Å². The van der Waals surface area contributed by atoms with Crippen molar-refractivity contribution >= 4 is 32.8 Å². The molecular formula is C65H50N4O. The number of ether oxygens (including phenoxy) is 1. The van der Waals surface area contributed by atoms with Crippen molar-refractivity contribution in [2.75, 3.05) is 0 Å². The predicted molar refractivity (Wildman–Crippen MR) is 287 cm³/mol. The summed E-state index contributed by atoms with van der Waals surface area (Å²) in [5.74, 6) is 0.900. The zero-order valence-electron chi connectivity index (χ0n) is 58.7. The molecule has 0 bridgehead atoms. The van der Waals surface area contributed by atoms with Crippen LogP contribution in [-0.4, -0.2) is 14.1 Å². The average molecular weight is 924 g/mol. The number of para-hydroxylation sites is 4. The van der Waals surface area contributed by atoms with Crippen LogP contribution in [0.5, 0.6) is 11.5 Å². The second kappa shape index (κ2) is 17.4. The van der Waals surface area contributed by atoms with Crippen LogP contribution in [0.1, 0.15) is 60.7 Å². The van der Waals surface area contributed by atoms with E-state index in [2.05, 4.69) is 6.33 Å². The van der Waals surface area contributed by atoms with Crippen LogP contribution in [0.3, 0.4) is 0 Å². The lowest BCUT2D eigenvalue weighted by Gasteiger charge is -2.26. The smallest absolute Gasteiger partial charge is 0.269 e. The minimum atomic E-state index is -2.82. The number of imidazole rings is 1. The van der Waals surface area contributed by atoms with Gasteiger partial charge in [0, 0.05) is 32.7 Å². The van der Waals surface area contributed by atoms with Gasteiger partial charge in [-0.25, -0.2) is 4.98 Å². The van der Waals surface area contributed by atoms with Crippen molar-refractivity contribution in [2.45, 2.75) is 33.0 Å². The first-order valence-electron chi connectivity index (χ1n) is 32.7.